The number of imidazole rings is 1. The topological polar surface area (TPSA) is 70.3 Å². The first-order valence-electron chi connectivity index (χ1n) is 11.0. The minimum Gasteiger partial charge on any atom is -0.394 e. The molecule has 1 atom stereocenters. The van der Waals surface area contributed by atoms with Crippen LogP contribution in [-0.2, 0) is 6.42 Å². The number of hydrogen-bond donors (Lipinski definition) is 1. The summed E-state index contributed by atoms with van der Waals surface area (Å²) < 4.78 is 2.03. The van der Waals surface area contributed by atoms with Crippen LogP contribution in [0.4, 0.5) is 11.6 Å². The summed E-state index contributed by atoms with van der Waals surface area (Å²) >= 11 is 0. The molecule has 0 spiro atoms. The first-order valence-corrected chi connectivity index (χ1v) is 11.0. The van der Waals surface area contributed by atoms with Crippen LogP contribution in [0.1, 0.15) is 31.4 Å². The third kappa shape index (κ3) is 4.88. The Labute approximate surface area is 184 Å². The Morgan fingerprint density at radius 2 is 1.74 bits per heavy atom. The fourth-order valence-electron chi connectivity index (χ4n) is 4.10. The summed E-state index contributed by atoms with van der Waals surface area (Å²) in [6, 6.07) is 8.34. The van der Waals surface area contributed by atoms with E-state index in [1.54, 1.807) is 6.33 Å². The van der Waals surface area contributed by atoms with E-state index in [2.05, 4.69) is 55.9 Å². The van der Waals surface area contributed by atoms with Gasteiger partial charge in [-0.2, -0.15) is 0 Å². The van der Waals surface area contributed by atoms with Gasteiger partial charge < -0.3 is 19.5 Å². The molecule has 0 radical (unpaired) electrons. The van der Waals surface area contributed by atoms with Gasteiger partial charge in [0.25, 0.3) is 0 Å². The molecule has 31 heavy (non-hydrogen) atoms. The van der Waals surface area contributed by atoms with Gasteiger partial charge in [0.1, 0.15) is 0 Å². The highest BCUT2D eigenvalue weighted by Crippen LogP contribution is 2.26. The third-order valence-electron chi connectivity index (χ3n) is 6.19. The lowest BCUT2D eigenvalue weighted by atomic mass is 10.00. The number of anilines is 2. The van der Waals surface area contributed by atoms with Crippen LogP contribution < -0.4 is 9.80 Å². The highest BCUT2D eigenvalue weighted by Gasteiger charge is 2.19. The van der Waals surface area contributed by atoms with Gasteiger partial charge in [-0.3, -0.25) is 0 Å². The summed E-state index contributed by atoms with van der Waals surface area (Å²) in [5.74, 6) is 1.57. The fraction of sp³-hybridized carbons (Fsp3) is 0.458. The molecule has 0 aliphatic carbocycles. The van der Waals surface area contributed by atoms with Crippen LogP contribution in [-0.4, -0.2) is 58.4 Å². The average molecular weight is 421 g/mol. The van der Waals surface area contributed by atoms with Gasteiger partial charge in [0, 0.05) is 50.8 Å². The highest BCUT2D eigenvalue weighted by atomic mass is 16.3. The first-order chi connectivity index (χ1) is 15.0. The number of hydrogen-bond acceptors (Lipinski definition) is 6. The molecule has 3 heterocycles. The maximum atomic E-state index is 10.1. The number of nitrogens with zero attached hydrogens (tertiary/aromatic N) is 6. The standard InChI is InChI=1S/C24H32N6O/c1-18-8-10-29(11-9-18)24-26-13-20(14-27-24)23-15-25-17-30(23)22(16-31)12-19-4-6-21(7-5-19)28(2)3/h4-7,13-15,17-18,22,31H,8-12,16H2,1-3H3/t22-/m0/s1. The van der Waals surface area contributed by atoms with Crippen molar-refractivity contribution in [3.8, 4) is 11.3 Å². The highest BCUT2D eigenvalue weighted by molar-refractivity contribution is 5.57. The maximum absolute atomic E-state index is 10.1. The molecule has 4 rings (SSSR count). The van der Waals surface area contributed by atoms with Crippen molar-refractivity contribution in [2.24, 2.45) is 5.92 Å². The molecule has 1 aromatic carbocycles. The van der Waals surface area contributed by atoms with Gasteiger partial charge in [-0.25, -0.2) is 15.0 Å². The molecular weight excluding hydrogens is 388 g/mol. The molecule has 1 N–H and O–H groups in total. The Morgan fingerprint density at radius 3 is 2.35 bits per heavy atom. The average Bonchev–Trinajstić information content (AvgIpc) is 3.28. The number of piperidine rings is 1. The van der Waals surface area contributed by atoms with E-state index in [0.29, 0.717) is 0 Å². The predicted molar refractivity (Wildman–Crippen MR) is 124 cm³/mol. The summed E-state index contributed by atoms with van der Waals surface area (Å²) in [5.41, 5.74) is 4.17. The number of aliphatic hydroxyl groups is 1. The van der Waals surface area contributed by atoms with Gasteiger partial charge in [-0.1, -0.05) is 19.1 Å². The number of rotatable bonds is 7. The first kappa shape index (κ1) is 21.3. The molecule has 7 heteroatoms. The van der Waals surface area contributed by atoms with E-state index in [4.69, 9.17) is 0 Å². The summed E-state index contributed by atoms with van der Waals surface area (Å²) in [5, 5.41) is 10.1. The van der Waals surface area contributed by atoms with E-state index < -0.39 is 0 Å². The largest absolute Gasteiger partial charge is 0.394 e. The normalized spacial score (nSPS) is 15.8. The fourth-order valence-corrected chi connectivity index (χ4v) is 4.10. The van der Waals surface area contributed by atoms with E-state index >= 15 is 0 Å². The molecular formula is C24H32N6O. The second-order valence-electron chi connectivity index (χ2n) is 8.73. The van der Waals surface area contributed by atoms with Crippen LogP contribution in [0.25, 0.3) is 11.3 Å². The van der Waals surface area contributed by atoms with Crippen LogP contribution in [0.5, 0.6) is 0 Å². The molecule has 0 saturated carbocycles. The van der Waals surface area contributed by atoms with E-state index in [1.807, 2.05) is 37.3 Å². The molecule has 3 aromatic rings. The van der Waals surface area contributed by atoms with Crippen LogP contribution in [0, 0.1) is 5.92 Å². The zero-order chi connectivity index (χ0) is 21.8. The lowest BCUT2D eigenvalue weighted by Gasteiger charge is -2.30. The second-order valence-corrected chi connectivity index (χ2v) is 8.73. The number of aromatic nitrogens is 4. The Hall–Kier alpha value is -2.93. The Bertz CT molecular complexity index is 958. The maximum Gasteiger partial charge on any atom is 0.225 e. The molecule has 0 amide bonds. The van der Waals surface area contributed by atoms with Gasteiger partial charge in [0.15, 0.2) is 0 Å². The molecule has 164 valence electrons. The van der Waals surface area contributed by atoms with Crippen LogP contribution >= 0.6 is 0 Å². The smallest absolute Gasteiger partial charge is 0.225 e. The zero-order valence-electron chi connectivity index (χ0n) is 18.6. The van der Waals surface area contributed by atoms with Crippen molar-refractivity contribution in [3.05, 3.63) is 54.7 Å². The van der Waals surface area contributed by atoms with Crippen molar-refractivity contribution >= 4 is 11.6 Å². The van der Waals surface area contributed by atoms with Gasteiger partial charge in [0.2, 0.25) is 5.95 Å². The summed E-state index contributed by atoms with van der Waals surface area (Å²) in [6.07, 6.45) is 10.4. The summed E-state index contributed by atoms with van der Waals surface area (Å²) in [6.45, 7) is 4.36. The van der Waals surface area contributed by atoms with Gasteiger partial charge in [0.05, 0.1) is 30.9 Å². The number of aliphatic hydroxyl groups excluding tert-OH is 1. The lowest BCUT2D eigenvalue weighted by molar-refractivity contribution is 0.228. The molecule has 2 aromatic heterocycles. The predicted octanol–water partition coefficient (Wildman–Crippen LogP) is 3.42. The Morgan fingerprint density at radius 1 is 1.06 bits per heavy atom. The molecule has 1 fully saturated rings. The Balaban J connectivity index is 1.50. The molecule has 1 aliphatic rings. The van der Waals surface area contributed by atoms with Crippen LogP contribution in [0.2, 0.25) is 0 Å². The van der Waals surface area contributed by atoms with E-state index in [0.717, 1.165) is 48.3 Å². The summed E-state index contributed by atoms with van der Waals surface area (Å²) in [4.78, 5) is 17.9. The van der Waals surface area contributed by atoms with Crippen LogP contribution in [0.3, 0.4) is 0 Å². The minimum absolute atomic E-state index is 0.0314. The van der Waals surface area contributed by atoms with E-state index in [9.17, 15) is 5.11 Å². The lowest BCUT2D eigenvalue weighted by Crippen LogP contribution is -2.34. The van der Waals surface area contributed by atoms with Crippen molar-refractivity contribution in [1.29, 1.82) is 0 Å². The monoisotopic (exact) mass is 420 g/mol. The molecule has 7 nitrogen and oxygen atoms in total. The van der Waals surface area contributed by atoms with Crippen molar-refractivity contribution < 1.29 is 5.11 Å². The summed E-state index contributed by atoms with van der Waals surface area (Å²) in [7, 11) is 4.06. The van der Waals surface area contributed by atoms with Gasteiger partial charge in [-0.15, -0.1) is 0 Å². The number of benzene rings is 1. The van der Waals surface area contributed by atoms with Crippen molar-refractivity contribution in [2.75, 3.05) is 43.6 Å². The van der Waals surface area contributed by atoms with Crippen molar-refractivity contribution in [3.63, 3.8) is 0 Å². The molecule has 1 aliphatic heterocycles. The molecule has 1 saturated heterocycles. The van der Waals surface area contributed by atoms with Crippen LogP contribution in [0.15, 0.2) is 49.2 Å². The van der Waals surface area contributed by atoms with Gasteiger partial charge >= 0.3 is 0 Å². The van der Waals surface area contributed by atoms with E-state index in [1.165, 1.54) is 18.4 Å². The van der Waals surface area contributed by atoms with E-state index in [-0.39, 0.29) is 12.6 Å². The molecule has 0 bridgehead atoms. The third-order valence-corrected chi connectivity index (χ3v) is 6.19. The second kappa shape index (κ2) is 9.47. The van der Waals surface area contributed by atoms with Gasteiger partial charge in [-0.05, 0) is 42.9 Å². The SMILES string of the molecule is CC1CCN(c2ncc(-c3cncn3[C@H](CO)Cc3ccc(N(C)C)cc3)cn2)CC1. The minimum atomic E-state index is -0.106. The van der Waals surface area contributed by atoms with Crippen molar-refractivity contribution in [1.82, 2.24) is 19.5 Å². The quantitative estimate of drug-likeness (QED) is 0.632. The zero-order valence-corrected chi connectivity index (χ0v) is 18.6. The van der Waals surface area contributed by atoms with Crippen molar-refractivity contribution in [2.45, 2.75) is 32.2 Å². The Kier molecular flexibility index (Phi) is 6.51. The molecule has 0 unspecified atom stereocenters.